The van der Waals surface area contributed by atoms with Crippen LogP contribution in [0.4, 0.5) is 0 Å². The summed E-state index contributed by atoms with van der Waals surface area (Å²) in [5, 5.41) is 11.8. The van der Waals surface area contributed by atoms with Crippen molar-refractivity contribution in [2.45, 2.75) is 57.9 Å². The Morgan fingerprint density at radius 2 is 1.94 bits per heavy atom. The van der Waals surface area contributed by atoms with Crippen molar-refractivity contribution in [1.82, 2.24) is 5.32 Å². The minimum absolute atomic E-state index is 0.0643. The Hall–Kier alpha value is -1.32. The number of hydrogen-bond donors (Lipinski definition) is 2. The van der Waals surface area contributed by atoms with Crippen molar-refractivity contribution < 1.29 is 14.7 Å². The van der Waals surface area contributed by atoms with Crippen LogP contribution in [0.5, 0.6) is 0 Å². The van der Waals surface area contributed by atoms with Gasteiger partial charge in [0.05, 0.1) is 6.42 Å². The molecule has 1 aliphatic carbocycles. The lowest BCUT2D eigenvalue weighted by molar-refractivity contribution is -0.141. The summed E-state index contributed by atoms with van der Waals surface area (Å²) in [6, 6.07) is -0.0667. The monoisotopic (exact) mass is 253 g/mol. The molecule has 0 saturated heterocycles. The van der Waals surface area contributed by atoms with Gasteiger partial charge in [0.1, 0.15) is 0 Å². The lowest BCUT2D eigenvalue weighted by Crippen LogP contribution is -2.38. The molecule has 4 heteroatoms. The molecule has 1 unspecified atom stereocenters. The van der Waals surface area contributed by atoms with Gasteiger partial charge in [-0.25, -0.2) is 0 Å². The molecule has 0 aliphatic heterocycles. The van der Waals surface area contributed by atoms with Gasteiger partial charge in [-0.2, -0.15) is 0 Å². The SMILES string of the molecule is C=CC(C)NC(=O)CC1(CC(=O)O)CCCCC1. The van der Waals surface area contributed by atoms with Crippen molar-refractivity contribution in [3.63, 3.8) is 0 Å². The summed E-state index contributed by atoms with van der Waals surface area (Å²) < 4.78 is 0. The molecule has 0 spiro atoms. The quantitative estimate of drug-likeness (QED) is 0.715. The Morgan fingerprint density at radius 1 is 1.33 bits per heavy atom. The second kappa shape index (κ2) is 6.57. The van der Waals surface area contributed by atoms with Crippen molar-refractivity contribution in [2.75, 3.05) is 0 Å². The third kappa shape index (κ3) is 4.51. The van der Waals surface area contributed by atoms with Crippen LogP contribution in [-0.2, 0) is 9.59 Å². The fourth-order valence-electron chi connectivity index (χ4n) is 2.74. The first-order valence-electron chi connectivity index (χ1n) is 6.61. The summed E-state index contributed by atoms with van der Waals surface area (Å²) in [5.41, 5.74) is -0.338. The van der Waals surface area contributed by atoms with Crippen LogP contribution >= 0.6 is 0 Å². The van der Waals surface area contributed by atoms with Crippen LogP contribution in [0.15, 0.2) is 12.7 Å². The third-order valence-corrected chi connectivity index (χ3v) is 3.72. The highest BCUT2D eigenvalue weighted by Gasteiger charge is 2.36. The molecule has 4 nitrogen and oxygen atoms in total. The summed E-state index contributed by atoms with van der Waals surface area (Å²) in [6.07, 6.45) is 6.97. The molecule has 1 aliphatic rings. The van der Waals surface area contributed by atoms with Crippen LogP contribution in [0.2, 0.25) is 0 Å². The largest absolute Gasteiger partial charge is 0.481 e. The van der Waals surface area contributed by atoms with Gasteiger partial charge in [-0.15, -0.1) is 6.58 Å². The molecular weight excluding hydrogens is 230 g/mol. The zero-order valence-electron chi connectivity index (χ0n) is 11.1. The summed E-state index contributed by atoms with van der Waals surface area (Å²) in [5.74, 6) is -0.869. The number of rotatable bonds is 6. The van der Waals surface area contributed by atoms with Crippen molar-refractivity contribution in [1.29, 1.82) is 0 Å². The summed E-state index contributed by atoms with van der Waals surface area (Å²) in [6.45, 7) is 5.47. The van der Waals surface area contributed by atoms with Gasteiger partial charge in [0.15, 0.2) is 0 Å². The molecule has 1 amide bonds. The number of carboxylic acids is 1. The van der Waals surface area contributed by atoms with E-state index in [0.717, 1.165) is 32.1 Å². The Kier molecular flexibility index (Phi) is 5.38. The Balaban J connectivity index is 2.63. The maximum Gasteiger partial charge on any atom is 0.303 e. The van der Waals surface area contributed by atoms with E-state index in [-0.39, 0.29) is 23.8 Å². The van der Waals surface area contributed by atoms with Gasteiger partial charge in [0.25, 0.3) is 0 Å². The highest BCUT2D eigenvalue weighted by atomic mass is 16.4. The lowest BCUT2D eigenvalue weighted by atomic mass is 9.69. The fraction of sp³-hybridized carbons (Fsp3) is 0.714. The van der Waals surface area contributed by atoms with E-state index in [1.54, 1.807) is 6.08 Å². The van der Waals surface area contributed by atoms with E-state index in [1.807, 2.05) is 6.92 Å². The Morgan fingerprint density at radius 3 is 2.44 bits per heavy atom. The average Bonchev–Trinajstić information content (AvgIpc) is 2.28. The maximum absolute atomic E-state index is 11.9. The molecule has 0 aromatic carbocycles. The predicted molar refractivity (Wildman–Crippen MR) is 70.2 cm³/mol. The third-order valence-electron chi connectivity index (χ3n) is 3.72. The molecule has 0 aromatic rings. The number of hydrogen-bond acceptors (Lipinski definition) is 2. The molecule has 1 fully saturated rings. The fourth-order valence-corrected chi connectivity index (χ4v) is 2.74. The van der Waals surface area contributed by atoms with E-state index in [0.29, 0.717) is 6.42 Å². The second-order valence-corrected chi connectivity index (χ2v) is 5.40. The number of carbonyl (C=O) groups excluding carboxylic acids is 1. The minimum Gasteiger partial charge on any atom is -0.481 e. The highest BCUT2D eigenvalue weighted by molar-refractivity contribution is 5.78. The average molecular weight is 253 g/mol. The van der Waals surface area contributed by atoms with Gasteiger partial charge in [-0.1, -0.05) is 25.3 Å². The zero-order chi connectivity index (χ0) is 13.6. The van der Waals surface area contributed by atoms with Crippen molar-refractivity contribution in [3.05, 3.63) is 12.7 Å². The number of carbonyl (C=O) groups is 2. The Bertz CT molecular complexity index is 319. The van der Waals surface area contributed by atoms with Crippen LogP contribution in [0.3, 0.4) is 0 Å². The van der Waals surface area contributed by atoms with Crippen LogP contribution in [-0.4, -0.2) is 23.0 Å². The molecule has 0 heterocycles. The van der Waals surface area contributed by atoms with Crippen LogP contribution in [0.25, 0.3) is 0 Å². The summed E-state index contributed by atoms with van der Waals surface area (Å²) in [7, 11) is 0. The van der Waals surface area contributed by atoms with Crippen LogP contribution in [0, 0.1) is 5.41 Å². The van der Waals surface area contributed by atoms with Gasteiger partial charge >= 0.3 is 5.97 Å². The molecule has 2 N–H and O–H groups in total. The molecule has 0 bridgehead atoms. The second-order valence-electron chi connectivity index (χ2n) is 5.40. The van der Waals surface area contributed by atoms with Gasteiger partial charge in [0.2, 0.25) is 5.91 Å². The van der Waals surface area contributed by atoms with E-state index in [1.165, 1.54) is 0 Å². The van der Waals surface area contributed by atoms with Gasteiger partial charge in [-0.3, -0.25) is 9.59 Å². The number of aliphatic carboxylic acids is 1. The zero-order valence-corrected chi connectivity index (χ0v) is 11.1. The number of amides is 1. The van der Waals surface area contributed by atoms with E-state index in [2.05, 4.69) is 11.9 Å². The number of carboxylic acid groups (broad SMARTS) is 1. The molecular formula is C14H23NO3. The first-order chi connectivity index (χ1) is 8.47. The van der Waals surface area contributed by atoms with Gasteiger partial charge in [-0.05, 0) is 25.2 Å². The molecule has 1 rings (SSSR count). The maximum atomic E-state index is 11.9. The van der Waals surface area contributed by atoms with Crippen LogP contribution in [0.1, 0.15) is 51.9 Å². The summed E-state index contributed by atoms with van der Waals surface area (Å²) >= 11 is 0. The lowest BCUT2D eigenvalue weighted by Gasteiger charge is -2.35. The topological polar surface area (TPSA) is 66.4 Å². The standard InChI is InChI=1S/C14H23NO3/c1-3-11(2)15-12(16)9-14(10-13(17)18)7-5-4-6-8-14/h3,11H,1,4-10H2,2H3,(H,15,16)(H,17,18). The minimum atomic E-state index is -0.804. The van der Waals surface area contributed by atoms with Crippen molar-refractivity contribution >= 4 is 11.9 Å². The normalized spacial score (nSPS) is 19.8. The Labute approximate surface area is 108 Å². The van der Waals surface area contributed by atoms with Crippen molar-refractivity contribution in [3.8, 4) is 0 Å². The molecule has 0 aromatic heterocycles. The molecule has 1 atom stereocenters. The molecule has 102 valence electrons. The molecule has 0 radical (unpaired) electrons. The van der Waals surface area contributed by atoms with Crippen molar-refractivity contribution in [2.24, 2.45) is 5.41 Å². The first-order valence-corrected chi connectivity index (χ1v) is 6.61. The van der Waals surface area contributed by atoms with E-state index >= 15 is 0 Å². The molecule has 18 heavy (non-hydrogen) atoms. The van der Waals surface area contributed by atoms with E-state index in [9.17, 15) is 9.59 Å². The predicted octanol–water partition coefficient (Wildman–Crippen LogP) is 2.49. The first kappa shape index (κ1) is 14.7. The van der Waals surface area contributed by atoms with E-state index in [4.69, 9.17) is 5.11 Å². The summed E-state index contributed by atoms with van der Waals surface area (Å²) in [4.78, 5) is 22.9. The number of nitrogens with one attached hydrogen (secondary N) is 1. The van der Waals surface area contributed by atoms with E-state index < -0.39 is 5.97 Å². The van der Waals surface area contributed by atoms with Gasteiger partial charge in [0, 0.05) is 12.5 Å². The van der Waals surface area contributed by atoms with Gasteiger partial charge < -0.3 is 10.4 Å². The van der Waals surface area contributed by atoms with Crippen LogP contribution < -0.4 is 5.32 Å². The highest BCUT2D eigenvalue weighted by Crippen LogP contribution is 2.42. The molecule has 1 saturated carbocycles. The smallest absolute Gasteiger partial charge is 0.303 e.